The Bertz CT molecular complexity index is 219. The second kappa shape index (κ2) is 7.54. The van der Waals surface area contributed by atoms with Gasteiger partial charge in [0, 0.05) is 19.7 Å². The van der Waals surface area contributed by atoms with E-state index in [-0.39, 0.29) is 12.1 Å². The van der Waals surface area contributed by atoms with Crippen LogP contribution in [0.5, 0.6) is 0 Å². The topological polar surface area (TPSA) is 38.8 Å². The summed E-state index contributed by atoms with van der Waals surface area (Å²) in [5.41, 5.74) is -0.450. The zero-order valence-electron chi connectivity index (χ0n) is 12.1. The van der Waals surface area contributed by atoms with Crippen molar-refractivity contribution in [2.45, 2.75) is 59.1 Å². The summed E-state index contributed by atoms with van der Waals surface area (Å²) in [7, 11) is 1.64. The van der Waals surface area contributed by atoms with Crippen molar-refractivity contribution >= 4 is 6.09 Å². The molecule has 4 nitrogen and oxygen atoms in total. The van der Waals surface area contributed by atoms with Crippen LogP contribution in [-0.4, -0.2) is 42.9 Å². The summed E-state index contributed by atoms with van der Waals surface area (Å²) in [6, 6.07) is 0.222. The zero-order chi connectivity index (χ0) is 13.5. The van der Waals surface area contributed by atoms with Gasteiger partial charge < -0.3 is 14.4 Å². The molecule has 0 aromatic carbocycles. The molecule has 0 radical (unpaired) electrons. The second-order valence-electron chi connectivity index (χ2n) is 5.14. The highest BCUT2D eigenvalue weighted by Crippen LogP contribution is 2.15. The number of nitrogens with zero attached hydrogens (tertiary/aromatic N) is 1. The Morgan fingerprint density at radius 3 is 2.12 bits per heavy atom. The molecular weight excluding hydrogens is 218 g/mol. The summed E-state index contributed by atoms with van der Waals surface area (Å²) in [5, 5.41) is 0. The Kier molecular flexibility index (Phi) is 7.19. The number of hydrogen-bond donors (Lipinski definition) is 0. The summed E-state index contributed by atoms with van der Waals surface area (Å²) in [4.78, 5) is 13.8. The first kappa shape index (κ1) is 16.2. The van der Waals surface area contributed by atoms with Gasteiger partial charge in [-0.2, -0.15) is 0 Å². The van der Waals surface area contributed by atoms with E-state index in [4.69, 9.17) is 9.47 Å². The maximum absolute atomic E-state index is 12.1. The number of carbonyl (C=O) groups is 1. The summed E-state index contributed by atoms with van der Waals surface area (Å²) in [6.07, 6.45) is 1.61. The van der Waals surface area contributed by atoms with E-state index >= 15 is 0 Å². The third kappa shape index (κ3) is 6.51. The van der Waals surface area contributed by atoms with E-state index in [9.17, 15) is 4.79 Å². The minimum absolute atomic E-state index is 0.222. The molecule has 0 rings (SSSR count). The molecule has 0 spiro atoms. The SMILES string of the molecule is CCC(CC)N(CCOC)C(=O)OC(C)(C)C. The number of carbonyl (C=O) groups excluding carboxylic acids is 1. The molecule has 0 aliphatic heterocycles. The Morgan fingerprint density at radius 2 is 1.76 bits per heavy atom. The monoisotopic (exact) mass is 245 g/mol. The number of hydrogen-bond acceptors (Lipinski definition) is 3. The predicted molar refractivity (Wildman–Crippen MR) is 69.2 cm³/mol. The van der Waals surface area contributed by atoms with Crippen LogP contribution in [0.25, 0.3) is 0 Å². The Balaban J connectivity index is 4.60. The summed E-state index contributed by atoms with van der Waals surface area (Å²) in [6.45, 7) is 10.9. The van der Waals surface area contributed by atoms with E-state index in [1.807, 2.05) is 20.8 Å². The van der Waals surface area contributed by atoms with Gasteiger partial charge >= 0.3 is 6.09 Å². The number of rotatable bonds is 6. The maximum atomic E-state index is 12.1. The fourth-order valence-corrected chi connectivity index (χ4v) is 1.66. The Hall–Kier alpha value is -0.770. The first-order chi connectivity index (χ1) is 7.85. The fourth-order valence-electron chi connectivity index (χ4n) is 1.66. The normalized spacial score (nSPS) is 11.7. The molecule has 0 N–H and O–H groups in total. The summed E-state index contributed by atoms with van der Waals surface area (Å²) >= 11 is 0. The molecule has 1 amide bonds. The molecule has 0 saturated heterocycles. The first-order valence-corrected chi connectivity index (χ1v) is 6.34. The maximum Gasteiger partial charge on any atom is 0.410 e. The van der Waals surface area contributed by atoms with Gasteiger partial charge in [0.25, 0.3) is 0 Å². The van der Waals surface area contributed by atoms with E-state index < -0.39 is 5.60 Å². The molecule has 0 aromatic heterocycles. The Labute approximate surface area is 105 Å². The van der Waals surface area contributed by atoms with Gasteiger partial charge in [-0.25, -0.2) is 4.79 Å². The smallest absolute Gasteiger partial charge is 0.410 e. The van der Waals surface area contributed by atoms with Crippen LogP contribution in [0.1, 0.15) is 47.5 Å². The van der Waals surface area contributed by atoms with Crippen LogP contribution < -0.4 is 0 Å². The summed E-state index contributed by atoms with van der Waals surface area (Å²) in [5.74, 6) is 0. The molecule has 0 aliphatic carbocycles. The third-order valence-corrected chi connectivity index (χ3v) is 2.55. The molecule has 0 atom stereocenters. The van der Waals surface area contributed by atoms with Crippen molar-refractivity contribution in [1.82, 2.24) is 4.90 Å². The molecule has 0 aliphatic rings. The van der Waals surface area contributed by atoms with E-state index in [1.54, 1.807) is 12.0 Å². The Morgan fingerprint density at radius 1 is 1.24 bits per heavy atom. The zero-order valence-corrected chi connectivity index (χ0v) is 12.1. The minimum Gasteiger partial charge on any atom is -0.444 e. The lowest BCUT2D eigenvalue weighted by atomic mass is 10.1. The second-order valence-corrected chi connectivity index (χ2v) is 5.14. The van der Waals surface area contributed by atoms with E-state index in [2.05, 4.69) is 13.8 Å². The highest BCUT2D eigenvalue weighted by Gasteiger charge is 2.26. The molecule has 17 heavy (non-hydrogen) atoms. The van der Waals surface area contributed by atoms with Crippen molar-refractivity contribution in [1.29, 1.82) is 0 Å². The molecule has 0 aromatic rings. The summed E-state index contributed by atoms with van der Waals surface area (Å²) < 4.78 is 10.5. The lowest BCUT2D eigenvalue weighted by Gasteiger charge is -2.32. The first-order valence-electron chi connectivity index (χ1n) is 6.34. The molecule has 0 saturated carbocycles. The highest BCUT2D eigenvalue weighted by molar-refractivity contribution is 5.68. The van der Waals surface area contributed by atoms with Crippen molar-refractivity contribution in [3.8, 4) is 0 Å². The molecular formula is C13H27NO3. The number of amides is 1. The van der Waals surface area contributed by atoms with Gasteiger partial charge in [0.15, 0.2) is 0 Å². The highest BCUT2D eigenvalue weighted by atomic mass is 16.6. The van der Waals surface area contributed by atoms with Crippen LogP contribution >= 0.6 is 0 Å². The van der Waals surface area contributed by atoms with Crippen molar-refractivity contribution in [2.24, 2.45) is 0 Å². The molecule has 0 bridgehead atoms. The molecule has 0 heterocycles. The lowest BCUT2D eigenvalue weighted by molar-refractivity contribution is 0.00940. The van der Waals surface area contributed by atoms with E-state index in [1.165, 1.54) is 0 Å². The minimum atomic E-state index is -0.450. The fraction of sp³-hybridized carbons (Fsp3) is 0.923. The predicted octanol–water partition coefficient (Wildman–Crippen LogP) is 3.06. The van der Waals surface area contributed by atoms with Gasteiger partial charge in [0.2, 0.25) is 0 Å². The van der Waals surface area contributed by atoms with Gasteiger partial charge in [-0.1, -0.05) is 13.8 Å². The average molecular weight is 245 g/mol. The van der Waals surface area contributed by atoms with Gasteiger partial charge in [0.1, 0.15) is 5.60 Å². The average Bonchev–Trinajstić information content (AvgIpc) is 2.21. The van der Waals surface area contributed by atoms with Crippen LogP contribution in [0.15, 0.2) is 0 Å². The lowest BCUT2D eigenvalue weighted by Crippen LogP contribution is -2.44. The van der Waals surface area contributed by atoms with Crippen molar-refractivity contribution in [3.05, 3.63) is 0 Å². The molecule has 4 heteroatoms. The van der Waals surface area contributed by atoms with Gasteiger partial charge in [-0.3, -0.25) is 0 Å². The number of methoxy groups -OCH3 is 1. The molecule has 0 unspecified atom stereocenters. The van der Waals surface area contributed by atoms with Crippen molar-refractivity contribution < 1.29 is 14.3 Å². The van der Waals surface area contributed by atoms with Crippen LogP contribution in [0.2, 0.25) is 0 Å². The van der Waals surface area contributed by atoms with Crippen molar-refractivity contribution in [3.63, 3.8) is 0 Å². The van der Waals surface area contributed by atoms with E-state index in [0.29, 0.717) is 13.2 Å². The van der Waals surface area contributed by atoms with Crippen LogP contribution in [0.4, 0.5) is 4.79 Å². The van der Waals surface area contributed by atoms with Crippen LogP contribution in [-0.2, 0) is 9.47 Å². The molecule has 0 fully saturated rings. The van der Waals surface area contributed by atoms with Gasteiger partial charge in [-0.15, -0.1) is 0 Å². The van der Waals surface area contributed by atoms with Crippen molar-refractivity contribution in [2.75, 3.05) is 20.3 Å². The van der Waals surface area contributed by atoms with Crippen LogP contribution in [0.3, 0.4) is 0 Å². The standard InChI is InChI=1S/C13H27NO3/c1-7-11(8-2)14(9-10-16-6)12(15)17-13(3,4)5/h11H,7-10H2,1-6H3. The van der Waals surface area contributed by atoms with Crippen LogP contribution in [0, 0.1) is 0 Å². The van der Waals surface area contributed by atoms with E-state index in [0.717, 1.165) is 12.8 Å². The van der Waals surface area contributed by atoms with Gasteiger partial charge in [-0.05, 0) is 33.6 Å². The largest absolute Gasteiger partial charge is 0.444 e. The quantitative estimate of drug-likeness (QED) is 0.722. The molecule has 102 valence electrons. The van der Waals surface area contributed by atoms with Gasteiger partial charge in [0.05, 0.1) is 6.61 Å². The third-order valence-electron chi connectivity index (χ3n) is 2.55. The number of ether oxygens (including phenoxy) is 2.